The van der Waals surface area contributed by atoms with E-state index in [1.807, 2.05) is 48.5 Å². The SMILES string of the molecule is FC(F)(F)c1ccc(N(c2ccc(-c3ccc4[nH]c5ccccc5c4c3)cc2)c2ccc(C(F)(F)F)cc2)cc1. The molecule has 0 atom stereocenters. The van der Waals surface area contributed by atoms with Crippen molar-refractivity contribution < 1.29 is 26.3 Å². The lowest BCUT2D eigenvalue weighted by Gasteiger charge is -2.26. The Hall–Kier alpha value is -4.72. The average Bonchev–Trinajstić information content (AvgIpc) is 3.31. The van der Waals surface area contributed by atoms with Crippen LogP contribution < -0.4 is 4.90 Å². The van der Waals surface area contributed by atoms with Crippen LogP contribution in [0, 0.1) is 0 Å². The molecule has 6 aromatic rings. The van der Waals surface area contributed by atoms with Crippen LogP contribution >= 0.6 is 0 Å². The summed E-state index contributed by atoms with van der Waals surface area (Å²) in [5, 5.41) is 2.18. The lowest BCUT2D eigenvalue weighted by atomic mass is 10.0. The van der Waals surface area contributed by atoms with Gasteiger partial charge in [-0.15, -0.1) is 0 Å². The van der Waals surface area contributed by atoms with Gasteiger partial charge >= 0.3 is 12.4 Å². The monoisotopic (exact) mass is 546 g/mol. The average molecular weight is 547 g/mol. The van der Waals surface area contributed by atoms with Crippen molar-refractivity contribution >= 4 is 38.9 Å². The molecular weight excluding hydrogens is 526 g/mol. The fourth-order valence-corrected chi connectivity index (χ4v) is 4.88. The molecule has 0 radical (unpaired) electrons. The van der Waals surface area contributed by atoms with Gasteiger partial charge in [0.25, 0.3) is 0 Å². The molecule has 1 N–H and O–H groups in total. The number of hydrogen-bond donors (Lipinski definition) is 1. The topological polar surface area (TPSA) is 19.0 Å². The third-order valence-corrected chi connectivity index (χ3v) is 6.87. The Labute approximate surface area is 225 Å². The first-order chi connectivity index (χ1) is 19.1. The van der Waals surface area contributed by atoms with Crippen LogP contribution in [0.2, 0.25) is 0 Å². The van der Waals surface area contributed by atoms with Gasteiger partial charge in [0.2, 0.25) is 0 Å². The van der Waals surface area contributed by atoms with Gasteiger partial charge < -0.3 is 9.88 Å². The molecule has 40 heavy (non-hydrogen) atoms. The number of H-pyrrole nitrogens is 1. The van der Waals surface area contributed by atoms with Crippen LogP contribution in [0.5, 0.6) is 0 Å². The number of nitrogens with one attached hydrogen (secondary N) is 1. The molecule has 5 aromatic carbocycles. The summed E-state index contributed by atoms with van der Waals surface area (Å²) >= 11 is 0. The second-order valence-electron chi connectivity index (χ2n) is 9.40. The molecule has 0 saturated heterocycles. The molecule has 0 saturated carbocycles. The van der Waals surface area contributed by atoms with Crippen LogP contribution in [0.15, 0.2) is 115 Å². The summed E-state index contributed by atoms with van der Waals surface area (Å²) in [5.74, 6) is 0. The predicted octanol–water partition coefficient (Wildman–Crippen LogP) is 10.5. The second kappa shape index (κ2) is 9.48. The number of hydrogen-bond acceptors (Lipinski definition) is 1. The summed E-state index contributed by atoms with van der Waals surface area (Å²) in [7, 11) is 0. The number of benzene rings is 5. The third-order valence-electron chi connectivity index (χ3n) is 6.87. The highest BCUT2D eigenvalue weighted by molar-refractivity contribution is 6.08. The number of nitrogens with zero attached hydrogens (tertiary/aromatic N) is 1. The van der Waals surface area contributed by atoms with E-state index in [1.54, 1.807) is 17.0 Å². The van der Waals surface area contributed by atoms with Crippen molar-refractivity contribution in [1.82, 2.24) is 4.98 Å². The molecule has 6 rings (SSSR count). The van der Waals surface area contributed by atoms with E-state index >= 15 is 0 Å². The molecular formula is C32H20F6N2. The molecule has 0 unspecified atom stereocenters. The quantitative estimate of drug-likeness (QED) is 0.218. The van der Waals surface area contributed by atoms with Crippen molar-refractivity contribution in [2.24, 2.45) is 0 Å². The minimum atomic E-state index is -4.51. The first-order valence-corrected chi connectivity index (χ1v) is 12.3. The maximum Gasteiger partial charge on any atom is 0.416 e. The summed E-state index contributed by atoms with van der Waals surface area (Å²) < 4.78 is 79.0. The van der Waals surface area contributed by atoms with Gasteiger partial charge in [-0.1, -0.05) is 36.4 Å². The summed E-state index contributed by atoms with van der Waals surface area (Å²) in [6, 6.07) is 30.5. The molecule has 8 heteroatoms. The van der Waals surface area contributed by atoms with E-state index in [2.05, 4.69) is 11.1 Å². The predicted molar refractivity (Wildman–Crippen MR) is 146 cm³/mol. The molecule has 0 aliphatic rings. The fraction of sp³-hybridized carbons (Fsp3) is 0.0625. The van der Waals surface area contributed by atoms with Crippen molar-refractivity contribution in [1.29, 1.82) is 0 Å². The van der Waals surface area contributed by atoms with Crippen LogP contribution in [0.4, 0.5) is 43.4 Å². The maximum atomic E-state index is 13.2. The Morgan fingerprint density at radius 1 is 0.450 bits per heavy atom. The maximum absolute atomic E-state index is 13.2. The highest BCUT2D eigenvalue weighted by Gasteiger charge is 2.31. The Morgan fingerprint density at radius 3 is 1.43 bits per heavy atom. The van der Waals surface area contributed by atoms with Gasteiger partial charge in [0.1, 0.15) is 0 Å². The molecule has 200 valence electrons. The Morgan fingerprint density at radius 2 is 0.900 bits per heavy atom. The minimum absolute atomic E-state index is 0.376. The van der Waals surface area contributed by atoms with E-state index in [0.717, 1.165) is 57.2 Å². The van der Waals surface area contributed by atoms with Gasteiger partial charge in [-0.2, -0.15) is 26.3 Å². The van der Waals surface area contributed by atoms with Gasteiger partial charge in [0.05, 0.1) is 11.1 Å². The molecule has 2 nitrogen and oxygen atoms in total. The number of anilines is 3. The van der Waals surface area contributed by atoms with E-state index in [4.69, 9.17) is 0 Å². The molecule has 0 bridgehead atoms. The van der Waals surface area contributed by atoms with E-state index in [0.29, 0.717) is 17.1 Å². The van der Waals surface area contributed by atoms with E-state index in [1.165, 1.54) is 24.3 Å². The van der Waals surface area contributed by atoms with Gasteiger partial charge in [-0.05, 0) is 90.0 Å². The lowest BCUT2D eigenvalue weighted by Crippen LogP contribution is -2.12. The number of rotatable bonds is 4. The Kier molecular flexibility index (Phi) is 6.06. The Bertz CT molecular complexity index is 1740. The van der Waals surface area contributed by atoms with Gasteiger partial charge in [0, 0.05) is 38.9 Å². The smallest absolute Gasteiger partial charge is 0.355 e. The van der Waals surface area contributed by atoms with Crippen LogP contribution in [0.25, 0.3) is 32.9 Å². The van der Waals surface area contributed by atoms with Crippen molar-refractivity contribution in [2.75, 3.05) is 4.90 Å². The molecule has 0 spiro atoms. The number of alkyl halides is 6. The Balaban J connectivity index is 1.40. The fourth-order valence-electron chi connectivity index (χ4n) is 4.88. The van der Waals surface area contributed by atoms with Gasteiger partial charge in [-0.25, -0.2) is 0 Å². The molecule has 0 aliphatic carbocycles. The minimum Gasteiger partial charge on any atom is -0.355 e. The first kappa shape index (κ1) is 25.6. The number of halogens is 6. The molecule has 1 heterocycles. The lowest BCUT2D eigenvalue weighted by molar-refractivity contribution is -0.138. The van der Waals surface area contributed by atoms with Crippen LogP contribution in [-0.4, -0.2) is 4.98 Å². The summed E-state index contributed by atoms with van der Waals surface area (Å²) in [5.41, 5.74) is 3.64. The third kappa shape index (κ3) is 4.77. The van der Waals surface area contributed by atoms with Crippen molar-refractivity contribution in [3.8, 4) is 11.1 Å². The molecule has 0 fully saturated rings. The zero-order chi connectivity index (χ0) is 28.1. The zero-order valence-electron chi connectivity index (χ0n) is 20.7. The van der Waals surface area contributed by atoms with Crippen LogP contribution in [0.1, 0.15) is 11.1 Å². The highest BCUT2D eigenvalue weighted by Crippen LogP contribution is 2.39. The largest absolute Gasteiger partial charge is 0.416 e. The standard InChI is InChI=1S/C32H20F6N2/c33-31(34,35)22-8-14-25(15-9-22)40(26-16-10-23(11-17-26)32(36,37)38)24-12-5-20(6-13-24)21-7-18-30-28(19-21)27-3-1-2-4-29(27)39-30/h1-19,39H. The van der Waals surface area contributed by atoms with E-state index in [-0.39, 0.29) is 0 Å². The number of para-hydroxylation sites is 1. The van der Waals surface area contributed by atoms with E-state index in [9.17, 15) is 26.3 Å². The van der Waals surface area contributed by atoms with Gasteiger partial charge in [-0.3, -0.25) is 0 Å². The zero-order valence-corrected chi connectivity index (χ0v) is 20.7. The number of aromatic amines is 1. The highest BCUT2D eigenvalue weighted by atomic mass is 19.4. The normalized spacial score (nSPS) is 12.2. The summed E-state index contributed by atoms with van der Waals surface area (Å²) in [6.45, 7) is 0. The number of fused-ring (bicyclic) bond motifs is 3. The second-order valence-corrected chi connectivity index (χ2v) is 9.40. The van der Waals surface area contributed by atoms with Gasteiger partial charge in [0.15, 0.2) is 0 Å². The van der Waals surface area contributed by atoms with E-state index < -0.39 is 23.5 Å². The molecule has 0 amide bonds. The van der Waals surface area contributed by atoms with Crippen molar-refractivity contribution in [2.45, 2.75) is 12.4 Å². The van der Waals surface area contributed by atoms with Crippen LogP contribution in [-0.2, 0) is 12.4 Å². The first-order valence-electron chi connectivity index (χ1n) is 12.3. The van der Waals surface area contributed by atoms with Crippen LogP contribution in [0.3, 0.4) is 0 Å². The summed E-state index contributed by atoms with van der Waals surface area (Å²) in [6.07, 6.45) is -9.02. The number of aromatic nitrogens is 1. The molecule has 1 aromatic heterocycles. The summed E-state index contributed by atoms with van der Waals surface area (Å²) in [4.78, 5) is 5.01. The van der Waals surface area contributed by atoms with Crippen molar-refractivity contribution in [3.63, 3.8) is 0 Å². The van der Waals surface area contributed by atoms with Crippen molar-refractivity contribution in [3.05, 3.63) is 126 Å². The molecule has 0 aliphatic heterocycles.